The molecule has 0 bridgehead atoms. The van der Waals surface area contributed by atoms with Crippen LogP contribution in [0.4, 0.5) is 0 Å². The average molecular weight is 225 g/mol. The van der Waals surface area contributed by atoms with Crippen LogP contribution in [0.25, 0.3) is 0 Å². The molecular formula is C14H11NO2. The molecule has 0 radical (unpaired) electrons. The summed E-state index contributed by atoms with van der Waals surface area (Å²) >= 11 is 0. The first kappa shape index (κ1) is 11.0. The maximum absolute atomic E-state index is 9.62. The Balaban J connectivity index is 2.17. The van der Waals surface area contributed by atoms with Gasteiger partial charge in [0.05, 0.1) is 5.56 Å². The van der Waals surface area contributed by atoms with Crippen LogP contribution >= 0.6 is 0 Å². The molecule has 3 nitrogen and oxygen atoms in total. The lowest BCUT2D eigenvalue weighted by Crippen LogP contribution is -1.97. The Kier molecular flexibility index (Phi) is 3.27. The highest BCUT2D eigenvalue weighted by atomic mass is 16.5. The topological polar surface area (TPSA) is 53.2 Å². The van der Waals surface area contributed by atoms with Gasteiger partial charge in [-0.1, -0.05) is 36.4 Å². The van der Waals surface area contributed by atoms with E-state index in [1.807, 2.05) is 36.4 Å². The van der Waals surface area contributed by atoms with Crippen LogP contribution in [0.15, 0.2) is 48.5 Å². The first-order valence-electron chi connectivity index (χ1n) is 5.20. The van der Waals surface area contributed by atoms with Gasteiger partial charge in [0.2, 0.25) is 0 Å². The number of phenolic OH excluding ortho intramolecular Hbond substituents is 1. The Morgan fingerprint density at radius 3 is 2.53 bits per heavy atom. The lowest BCUT2D eigenvalue weighted by atomic mass is 10.2. The van der Waals surface area contributed by atoms with Crippen molar-refractivity contribution in [3.8, 4) is 17.6 Å². The van der Waals surface area contributed by atoms with Crippen molar-refractivity contribution in [2.24, 2.45) is 0 Å². The lowest BCUT2D eigenvalue weighted by molar-refractivity contribution is 0.288. The fraction of sp³-hybridized carbons (Fsp3) is 0.0714. The third-order valence-corrected chi connectivity index (χ3v) is 2.34. The molecule has 2 rings (SSSR count). The first-order valence-corrected chi connectivity index (χ1v) is 5.20. The highest BCUT2D eigenvalue weighted by molar-refractivity contribution is 5.51. The summed E-state index contributed by atoms with van der Waals surface area (Å²) in [4.78, 5) is 0. The number of ether oxygens (including phenoxy) is 1. The van der Waals surface area contributed by atoms with Crippen molar-refractivity contribution in [2.45, 2.75) is 6.61 Å². The minimum Gasteiger partial charge on any atom is -0.504 e. The zero-order valence-electron chi connectivity index (χ0n) is 9.13. The zero-order valence-corrected chi connectivity index (χ0v) is 9.13. The second-order valence-electron chi connectivity index (χ2n) is 3.54. The van der Waals surface area contributed by atoms with Crippen LogP contribution in [-0.2, 0) is 6.61 Å². The zero-order chi connectivity index (χ0) is 12.1. The maximum atomic E-state index is 9.62. The predicted molar refractivity (Wildman–Crippen MR) is 63.6 cm³/mol. The van der Waals surface area contributed by atoms with Gasteiger partial charge >= 0.3 is 0 Å². The summed E-state index contributed by atoms with van der Waals surface area (Å²) in [5.41, 5.74) is 1.32. The maximum Gasteiger partial charge on any atom is 0.179 e. The first-order chi connectivity index (χ1) is 8.31. The Morgan fingerprint density at radius 1 is 1.06 bits per heavy atom. The third kappa shape index (κ3) is 2.56. The van der Waals surface area contributed by atoms with E-state index in [0.29, 0.717) is 12.2 Å². The predicted octanol–water partition coefficient (Wildman–Crippen LogP) is 2.84. The van der Waals surface area contributed by atoms with Crippen molar-refractivity contribution in [2.75, 3.05) is 0 Å². The molecule has 0 atom stereocenters. The minimum atomic E-state index is -0.0139. The third-order valence-electron chi connectivity index (χ3n) is 2.34. The van der Waals surface area contributed by atoms with Crippen LogP contribution in [0.3, 0.4) is 0 Å². The Labute approximate surface area is 99.5 Å². The van der Waals surface area contributed by atoms with Crippen LogP contribution in [0, 0.1) is 11.3 Å². The second-order valence-corrected chi connectivity index (χ2v) is 3.54. The van der Waals surface area contributed by atoms with Crippen molar-refractivity contribution in [1.82, 2.24) is 0 Å². The Bertz CT molecular complexity index is 544. The molecule has 84 valence electrons. The molecule has 0 aliphatic heterocycles. The molecule has 1 N–H and O–H groups in total. The molecule has 0 heterocycles. The lowest BCUT2D eigenvalue weighted by Gasteiger charge is -2.09. The Morgan fingerprint density at radius 2 is 1.82 bits per heavy atom. The Hall–Kier alpha value is -2.47. The number of rotatable bonds is 3. The van der Waals surface area contributed by atoms with E-state index in [9.17, 15) is 5.11 Å². The smallest absolute Gasteiger partial charge is 0.179 e. The van der Waals surface area contributed by atoms with E-state index in [4.69, 9.17) is 10.00 Å². The van der Waals surface area contributed by atoms with Gasteiger partial charge in [0.15, 0.2) is 11.5 Å². The van der Waals surface area contributed by atoms with Gasteiger partial charge in [-0.05, 0) is 17.7 Å². The van der Waals surface area contributed by atoms with Gasteiger partial charge in [0.1, 0.15) is 12.7 Å². The molecule has 3 heteroatoms. The molecule has 0 aromatic heterocycles. The number of para-hydroxylation sites is 1. The monoisotopic (exact) mass is 225 g/mol. The molecule has 0 amide bonds. The number of hydrogen-bond donors (Lipinski definition) is 1. The molecule has 0 fully saturated rings. The number of phenols is 1. The summed E-state index contributed by atoms with van der Waals surface area (Å²) < 4.78 is 5.47. The fourth-order valence-corrected chi connectivity index (χ4v) is 1.49. The SMILES string of the molecule is N#Cc1cccc(O)c1OCc1ccccc1. The highest BCUT2D eigenvalue weighted by Crippen LogP contribution is 2.29. The number of aromatic hydroxyl groups is 1. The van der Waals surface area contributed by atoms with E-state index in [-0.39, 0.29) is 11.5 Å². The van der Waals surface area contributed by atoms with Crippen molar-refractivity contribution < 1.29 is 9.84 Å². The highest BCUT2D eigenvalue weighted by Gasteiger charge is 2.08. The molecule has 0 spiro atoms. The number of nitriles is 1. The van der Waals surface area contributed by atoms with E-state index < -0.39 is 0 Å². The second kappa shape index (κ2) is 5.04. The van der Waals surface area contributed by atoms with Gasteiger partial charge in [-0.2, -0.15) is 5.26 Å². The molecule has 17 heavy (non-hydrogen) atoms. The van der Waals surface area contributed by atoms with E-state index >= 15 is 0 Å². The average Bonchev–Trinajstić information content (AvgIpc) is 2.38. The number of benzene rings is 2. The van der Waals surface area contributed by atoms with Crippen LogP contribution in [-0.4, -0.2) is 5.11 Å². The summed E-state index contributed by atoms with van der Waals surface area (Å²) in [6.07, 6.45) is 0. The molecule has 0 aliphatic carbocycles. The van der Waals surface area contributed by atoms with Crippen molar-refractivity contribution in [3.05, 3.63) is 59.7 Å². The molecule has 0 saturated heterocycles. The van der Waals surface area contributed by atoms with Gasteiger partial charge in [0.25, 0.3) is 0 Å². The summed E-state index contributed by atoms with van der Waals surface area (Å²) in [6.45, 7) is 0.326. The molecule has 2 aromatic rings. The molecule has 0 unspecified atom stereocenters. The van der Waals surface area contributed by atoms with Crippen LogP contribution < -0.4 is 4.74 Å². The van der Waals surface area contributed by atoms with Gasteiger partial charge < -0.3 is 9.84 Å². The van der Waals surface area contributed by atoms with Gasteiger partial charge in [-0.3, -0.25) is 0 Å². The van der Waals surface area contributed by atoms with Crippen LogP contribution in [0.2, 0.25) is 0 Å². The van der Waals surface area contributed by atoms with E-state index in [1.165, 1.54) is 6.07 Å². The summed E-state index contributed by atoms with van der Waals surface area (Å²) in [5.74, 6) is 0.221. The largest absolute Gasteiger partial charge is 0.504 e. The molecule has 0 saturated carbocycles. The van der Waals surface area contributed by atoms with Crippen molar-refractivity contribution >= 4 is 0 Å². The number of hydrogen-bond acceptors (Lipinski definition) is 3. The standard InChI is InChI=1S/C14H11NO2/c15-9-12-7-4-8-13(16)14(12)17-10-11-5-2-1-3-6-11/h1-8,16H,10H2. The van der Waals surface area contributed by atoms with Crippen molar-refractivity contribution in [3.63, 3.8) is 0 Å². The fourth-order valence-electron chi connectivity index (χ4n) is 1.49. The van der Waals surface area contributed by atoms with Crippen LogP contribution in [0.5, 0.6) is 11.5 Å². The van der Waals surface area contributed by atoms with Crippen LogP contribution in [0.1, 0.15) is 11.1 Å². The number of nitrogens with zero attached hydrogens (tertiary/aromatic N) is 1. The molecular weight excluding hydrogens is 214 g/mol. The van der Waals surface area contributed by atoms with E-state index in [0.717, 1.165) is 5.56 Å². The molecule has 0 aliphatic rings. The summed E-state index contributed by atoms with van der Waals surface area (Å²) in [5, 5.41) is 18.5. The van der Waals surface area contributed by atoms with Crippen molar-refractivity contribution in [1.29, 1.82) is 5.26 Å². The summed E-state index contributed by atoms with van der Waals surface area (Å²) in [6, 6.07) is 16.3. The normalized spacial score (nSPS) is 9.59. The molecule has 2 aromatic carbocycles. The minimum absolute atomic E-state index is 0.0139. The van der Waals surface area contributed by atoms with Gasteiger partial charge in [0, 0.05) is 0 Å². The van der Waals surface area contributed by atoms with E-state index in [1.54, 1.807) is 12.1 Å². The summed E-state index contributed by atoms with van der Waals surface area (Å²) in [7, 11) is 0. The van der Waals surface area contributed by atoms with Gasteiger partial charge in [-0.15, -0.1) is 0 Å². The van der Waals surface area contributed by atoms with E-state index in [2.05, 4.69) is 0 Å². The quantitative estimate of drug-likeness (QED) is 0.873. The van der Waals surface area contributed by atoms with Gasteiger partial charge in [-0.25, -0.2) is 0 Å².